The number of nitrogens with zero attached hydrogens (tertiary/aromatic N) is 3. The van der Waals surface area contributed by atoms with Gasteiger partial charge in [-0.15, -0.1) is 17.7 Å². The summed E-state index contributed by atoms with van der Waals surface area (Å²) in [5.41, 5.74) is 5.59. The number of hydrogen-bond donors (Lipinski definition) is 0. The minimum absolute atomic E-state index is 0. The fourth-order valence-electron chi connectivity index (χ4n) is 4.11. The van der Waals surface area contributed by atoms with Crippen LogP contribution in [0.4, 0.5) is 0 Å². The van der Waals surface area contributed by atoms with Gasteiger partial charge in [0, 0.05) is 42.8 Å². The third kappa shape index (κ3) is 4.82. The van der Waals surface area contributed by atoms with Gasteiger partial charge in [0.25, 0.3) is 5.56 Å². The van der Waals surface area contributed by atoms with Crippen LogP contribution in [0.25, 0.3) is 22.5 Å². The molecule has 0 N–H and O–H groups in total. The van der Waals surface area contributed by atoms with E-state index in [2.05, 4.69) is 23.1 Å². The molecule has 0 radical (unpaired) electrons. The molecule has 1 aliphatic heterocycles. The largest absolute Gasteiger partial charge is 2.00 e. The molecule has 0 atom stereocenters. The predicted molar refractivity (Wildman–Crippen MR) is 121 cm³/mol. The first kappa shape index (κ1) is 23.8. The number of fused-ring (bicyclic) bond motifs is 1. The summed E-state index contributed by atoms with van der Waals surface area (Å²) in [5.74, 6) is 0.660. The van der Waals surface area contributed by atoms with Crippen molar-refractivity contribution in [1.82, 2.24) is 14.3 Å². The Bertz CT molecular complexity index is 1160. The average molecular weight is 640 g/mol. The van der Waals surface area contributed by atoms with Gasteiger partial charge in [0.05, 0.1) is 7.11 Å². The second kappa shape index (κ2) is 9.73. The quantitative estimate of drug-likeness (QED) is 0.403. The molecule has 0 amide bonds. The van der Waals surface area contributed by atoms with Crippen LogP contribution in [0.1, 0.15) is 30.4 Å². The van der Waals surface area contributed by atoms with Crippen LogP contribution < -0.4 is 10.3 Å². The van der Waals surface area contributed by atoms with Crippen molar-refractivity contribution in [2.75, 3.05) is 20.2 Å². The Labute approximate surface area is 207 Å². The summed E-state index contributed by atoms with van der Waals surface area (Å²) >= 11 is 0. The van der Waals surface area contributed by atoms with Gasteiger partial charge in [-0.2, -0.15) is 12.1 Å². The van der Waals surface area contributed by atoms with Crippen molar-refractivity contribution in [3.8, 4) is 17.0 Å². The van der Waals surface area contributed by atoms with Gasteiger partial charge in [-0.3, -0.25) is 14.1 Å². The fourth-order valence-corrected chi connectivity index (χ4v) is 4.11. The second-order valence-corrected chi connectivity index (χ2v) is 7.94. The summed E-state index contributed by atoms with van der Waals surface area (Å²) in [6, 6.07) is 13.1. The summed E-state index contributed by atoms with van der Waals surface area (Å²) in [4.78, 5) is 20.2. The topological polar surface area (TPSA) is 46.8 Å². The van der Waals surface area contributed by atoms with E-state index in [-0.39, 0.29) is 44.1 Å². The fraction of sp³-hybridized carbons (Fsp3) is 0.320. The van der Waals surface area contributed by atoms with E-state index in [1.165, 1.54) is 18.4 Å². The maximum atomic E-state index is 12.9. The van der Waals surface area contributed by atoms with E-state index in [0.717, 1.165) is 42.2 Å². The second-order valence-electron chi connectivity index (χ2n) is 7.94. The molecule has 0 spiro atoms. The van der Waals surface area contributed by atoms with Crippen molar-refractivity contribution in [2.45, 2.75) is 32.2 Å². The number of rotatable bonds is 4. The first-order valence-corrected chi connectivity index (χ1v) is 10.2. The van der Waals surface area contributed by atoms with Gasteiger partial charge in [-0.25, -0.2) is 4.98 Å². The molecule has 3 heterocycles. The molecular formula is C25H27N3O2U. The van der Waals surface area contributed by atoms with Gasteiger partial charge in [0.15, 0.2) is 0 Å². The minimum Gasteiger partial charge on any atom is -0.523 e. The smallest absolute Gasteiger partial charge is 0.523 e. The van der Waals surface area contributed by atoms with Gasteiger partial charge in [0.1, 0.15) is 5.65 Å². The standard InChI is InChI=1S/C24H24N3O2.CH3.U/c1-16-13-19(17-9-11-26(12-10-17)20-5-6-20)15-27-23(28)14-22(25-24(16)27)18-3-7-21(29-2)8-4-18;;/h3-4,7,9,13-15,20H,5-6,10-12H2,1-2H3;1H3;/q2*-1;+2. The molecule has 5 rings (SSSR count). The molecule has 0 bridgehead atoms. The Morgan fingerprint density at radius 2 is 2.00 bits per heavy atom. The van der Waals surface area contributed by atoms with Gasteiger partial charge in [-0.1, -0.05) is 6.08 Å². The van der Waals surface area contributed by atoms with Crippen molar-refractivity contribution >= 4 is 11.2 Å². The molecule has 2 aliphatic rings. The van der Waals surface area contributed by atoms with Crippen molar-refractivity contribution < 1.29 is 35.9 Å². The van der Waals surface area contributed by atoms with Crippen LogP contribution in [-0.4, -0.2) is 40.5 Å². The molecule has 0 saturated heterocycles. The number of hydrogen-bond acceptors (Lipinski definition) is 4. The minimum atomic E-state index is -0.0678. The number of ether oxygens (including phenoxy) is 1. The first-order valence-electron chi connectivity index (χ1n) is 10.2. The zero-order valence-corrected chi connectivity index (χ0v) is 22.5. The van der Waals surface area contributed by atoms with E-state index in [1.54, 1.807) is 23.6 Å². The molecular weight excluding hydrogens is 612 g/mol. The van der Waals surface area contributed by atoms with Gasteiger partial charge < -0.3 is 12.2 Å². The van der Waals surface area contributed by atoms with Gasteiger partial charge >= 0.3 is 31.1 Å². The summed E-state index contributed by atoms with van der Waals surface area (Å²) in [7, 11) is 1.61. The van der Waals surface area contributed by atoms with Crippen molar-refractivity contribution in [3.63, 3.8) is 0 Å². The Morgan fingerprint density at radius 3 is 2.61 bits per heavy atom. The van der Waals surface area contributed by atoms with Crippen LogP contribution in [0, 0.1) is 51.5 Å². The van der Waals surface area contributed by atoms with Crippen LogP contribution in [0.3, 0.4) is 0 Å². The van der Waals surface area contributed by atoms with Crippen LogP contribution in [0.5, 0.6) is 5.75 Å². The zero-order chi connectivity index (χ0) is 20.0. The van der Waals surface area contributed by atoms with E-state index in [9.17, 15) is 4.79 Å². The van der Waals surface area contributed by atoms with Crippen LogP contribution in [0.15, 0.2) is 47.4 Å². The molecule has 1 fully saturated rings. The molecule has 5 nitrogen and oxygen atoms in total. The third-order valence-electron chi connectivity index (χ3n) is 5.92. The Balaban J connectivity index is 0.00000136. The summed E-state index contributed by atoms with van der Waals surface area (Å²) < 4.78 is 6.84. The van der Waals surface area contributed by atoms with Crippen molar-refractivity contribution in [3.05, 3.63) is 77.6 Å². The van der Waals surface area contributed by atoms with Gasteiger partial charge in [0.2, 0.25) is 0 Å². The summed E-state index contributed by atoms with van der Waals surface area (Å²) in [6.07, 6.45) is 7.98. The molecule has 1 saturated carbocycles. The van der Waals surface area contributed by atoms with Crippen LogP contribution >= 0.6 is 0 Å². The zero-order valence-electron chi connectivity index (χ0n) is 18.3. The molecule has 6 heteroatoms. The number of aryl methyl sites for hydroxylation is 1. The summed E-state index contributed by atoms with van der Waals surface area (Å²) in [5, 5.41) is 0. The van der Waals surface area contributed by atoms with Crippen molar-refractivity contribution in [1.29, 1.82) is 0 Å². The summed E-state index contributed by atoms with van der Waals surface area (Å²) in [6.45, 7) is 4.14. The Kier molecular flexibility index (Phi) is 7.47. The van der Waals surface area contributed by atoms with E-state index in [1.807, 2.05) is 25.3 Å². The molecule has 1 aliphatic carbocycles. The van der Waals surface area contributed by atoms with Gasteiger partial charge in [-0.05, 0) is 49.0 Å². The normalized spacial score (nSPS) is 16.3. The van der Waals surface area contributed by atoms with E-state index < -0.39 is 0 Å². The van der Waals surface area contributed by atoms with Crippen LogP contribution in [-0.2, 0) is 0 Å². The first-order chi connectivity index (χ1) is 14.1. The third-order valence-corrected chi connectivity index (χ3v) is 5.92. The molecule has 3 aromatic rings. The maximum Gasteiger partial charge on any atom is 2.00 e. The van der Waals surface area contributed by atoms with E-state index in [4.69, 9.17) is 9.72 Å². The predicted octanol–water partition coefficient (Wildman–Crippen LogP) is 4.18. The van der Waals surface area contributed by atoms with Crippen LogP contribution in [0.2, 0.25) is 0 Å². The van der Waals surface area contributed by atoms with E-state index in [0.29, 0.717) is 17.1 Å². The maximum absolute atomic E-state index is 12.9. The molecule has 2 aromatic heterocycles. The average Bonchev–Trinajstić information content (AvgIpc) is 3.60. The Morgan fingerprint density at radius 1 is 1.19 bits per heavy atom. The molecule has 1 aromatic carbocycles. The SMILES string of the molecule is COc1[c-]cc(-c2cc(=O)n3cc(C4=CCN(C5CC5)CC4)cc(C)c3n2)cc1.[CH3-].[U+2]. The van der Waals surface area contributed by atoms with E-state index >= 15 is 0 Å². The monoisotopic (exact) mass is 639 g/mol. The Hall–Kier alpha value is -1.87. The number of aromatic nitrogens is 2. The molecule has 31 heavy (non-hydrogen) atoms. The molecule has 158 valence electrons. The molecule has 0 unspecified atom stereocenters. The number of pyridine rings is 1. The number of methoxy groups -OCH3 is 1. The number of benzene rings is 1. The van der Waals surface area contributed by atoms with Crippen molar-refractivity contribution in [2.24, 2.45) is 0 Å².